The van der Waals surface area contributed by atoms with E-state index in [1.165, 1.54) is 16.0 Å². The third-order valence-electron chi connectivity index (χ3n) is 3.63. The van der Waals surface area contributed by atoms with Crippen LogP contribution in [0.3, 0.4) is 0 Å². The standard InChI is InChI=1S/C18H23NO2S/c1-13-12-17(22-15(13)3)18(20)19-10-7-11-21-14(2)16-8-5-4-6-9-16/h4-6,8-9,12,14H,7,10-11H2,1-3H3,(H,19,20)/t14-/m1/s1. The van der Waals surface area contributed by atoms with E-state index >= 15 is 0 Å². The number of aryl methyl sites for hydroxylation is 2. The second-order valence-corrected chi connectivity index (χ2v) is 6.64. The quantitative estimate of drug-likeness (QED) is 0.775. The van der Waals surface area contributed by atoms with Gasteiger partial charge in [-0.1, -0.05) is 30.3 Å². The van der Waals surface area contributed by atoms with Crippen LogP contribution in [0.5, 0.6) is 0 Å². The van der Waals surface area contributed by atoms with E-state index in [0.29, 0.717) is 13.2 Å². The monoisotopic (exact) mass is 317 g/mol. The molecule has 0 spiro atoms. The second-order valence-electron chi connectivity index (χ2n) is 5.38. The summed E-state index contributed by atoms with van der Waals surface area (Å²) in [5, 5.41) is 2.94. The Morgan fingerprint density at radius 2 is 2.00 bits per heavy atom. The number of thiophene rings is 1. The average Bonchev–Trinajstić information content (AvgIpc) is 2.87. The molecule has 1 amide bonds. The molecule has 1 aromatic heterocycles. The first-order chi connectivity index (χ1) is 10.6. The van der Waals surface area contributed by atoms with Crippen LogP contribution in [0.4, 0.5) is 0 Å². The number of amides is 1. The highest BCUT2D eigenvalue weighted by Crippen LogP contribution is 2.20. The average molecular weight is 317 g/mol. The summed E-state index contributed by atoms with van der Waals surface area (Å²) in [6.07, 6.45) is 0.895. The first kappa shape index (κ1) is 16.7. The molecule has 1 heterocycles. The van der Waals surface area contributed by atoms with Crippen LogP contribution in [-0.4, -0.2) is 19.1 Å². The van der Waals surface area contributed by atoms with Gasteiger partial charge in [-0.25, -0.2) is 0 Å². The molecule has 3 nitrogen and oxygen atoms in total. The molecule has 4 heteroatoms. The molecule has 22 heavy (non-hydrogen) atoms. The molecule has 1 N–H and O–H groups in total. The van der Waals surface area contributed by atoms with Gasteiger partial charge >= 0.3 is 0 Å². The fraction of sp³-hybridized carbons (Fsp3) is 0.389. The highest BCUT2D eigenvalue weighted by atomic mass is 32.1. The van der Waals surface area contributed by atoms with Gasteiger partial charge in [-0.3, -0.25) is 4.79 Å². The number of hydrogen-bond donors (Lipinski definition) is 1. The van der Waals surface area contributed by atoms with Crippen molar-refractivity contribution in [2.75, 3.05) is 13.2 Å². The van der Waals surface area contributed by atoms with E-state index in [1.54, 1.807) is 11.3 Å². The highest BCUT2D eigenvalue weighted by molar-refractivity contribution is 7.14. The Morgan fingerprint density at radius 3 is 2.64 bits per heavy atom. The number of ether oxygens (including phenoxy) is 1. The van der Waals surface area contributed by atoms with Crippen molar-refractivity contribution in [2.45, 2.75) is 33.3 Å². The number of carbonyl (C=O) groups excluding carboxylic acids is 1. The minimum atomic E-state index is 0.0114. The molecule has 0 fully saturated rings. The zero-order valence-electron chi connectivity index (χ0n) is 13.4. The van der Waals surface area contributed by atoms with Crippen LogP contribution < -0.4 is 5.32 Å². The third-order valence-corrected chi connectivity index (χ3v) is 4.78. The van der Waals surface area contributed by atoms with Gasteiger partial charge in [0, 0.05) is 18.0 Å². The fourth-order valence-corrected chi connectivity index (χ4v) is 3.08. The zero-order valence-corrected chi connectivity index (χ0v) is 14.2. The first-order valence-corrected chi connectivity index (χ1v) is 8.41. The number of benzene rings is 1. The maximum atomic E-state index is 12.0. The lowest BCUT2D eigenvalue weighted by Crippen LogP contribution is -2.24. The van der Waals surface area contributed by atoms with Gasteiger partial charge in [0.05, 0.1) is 11.0 Å². The Morgan fingerprint density at radius 1 is 1.27 bits per heavy atom. The summed E-state index contributed by atoms with van der Waals surface area (Å²) in [5.41, 5.74) is 2.35. The van der Waals surface area contributed by atoms with E-state index in [9.17, 15) is 4.79 Å². The highest BCUT2D eigenvalue weighted by Gasteiger charge is 2.10. The largest absolute Gasteiger partial charge is 0.374 e. The van der Waals surface area contributed by atoms with Crippen molar-refractivity contribution in [3.8, 4) is 0 Å². The van der Waals surface area contributed by atoms with Crippen molar-refractivity contribution in [1.29, 1.82) is 0 Å². The molecule has 0 aliphatic rings. The van der Waals surface area contributed by atoms with Crippen molar-refractivity contribution in [2.24, 2.45) is 0 Å². The van der Waals surface area contributed by atoms with Crippen LogP contribution in [0.2, 0.25) is 0 Å². The molecule has 118 valence electrons. The first-order valence-electron chi connectivity index (χ1n) is 7.59. The molecule has 0 unspecified atom stereocenters. The number of rotatable bonds is 7. The summed E-state index contributed by atoms with van der Waals surface area (Å²) in [6.45, 7) is 7.39. The smallest absolute Gasteiger partial charge is 0.261 e. The van der Waals surface area contributed by atoms with Crippen LogP contribution in [0.1, 0.15) is 45.1 Å². The van der Waals surface area contributed by atoms with Crippen LogP contribution in [-0.2, 0) is 4.74 Å². The maximum Gasteiger partial charge on any atom is 0.261 e. The lowest BCUT2D eigenvalue weighted by atomic mass is 10.1. The SMILES string of the molecule is Cc1cc(C(=O)NCCCO[C@H](C)c2ccccc2)sc1C. The second kappa shape index (κ2) is 8.11. The van der Waals surface area contributed by atoms with Crippen molar-refractivity contribution in [1.82, 2.24) is 5.32 Å². The predicted octanol–water partition coefficient (Wildman–Crippen LogP) is 4.26. The number of carbonyl (C=O) groups is 1. The van der Waals surface area contributed by atoms with E-state index in [0.717, 1.165) is 11.3 Å². The van der Waals surface area contributed by atoms with Crippen LogP contribution >= 0.6 is 11.3 Å². The summed E-state index contributed by atoms with van der Waals surface area (Å²) in [7, 11) is 0. The molecule has 1 atom stereocenters. The molecule has 1 aromatic carbocycles. The van der Waals surface area contributed by atoms with Gasteiger partial charge in [-0.15, -0.1) is 11.3 Å². The minimum Gasteiger partial charge on any atom is -0.374 e. The Hall–Kier alpha value is -1.65. The van der Waals surface area contributed by atoms with Gasteiger partial charge in [-0.05, 0) is 44.4 Å². The van der Waals surface area contributed by atoms with Gasteiger partial charge in [-0.2, -0.15) is 0 Å². The number of nitrogens with one attached hydrogen (secondary N) is 1. The van der Waals surface area contributed by atoms with Gasteiger partial charge in [0.25, 0.3) is 5.91 Å². The van der Waals surface area contributed by atoms with Crippen molar-refractivity contribution in [3.63, 3.8) is 0 Å². The van der Waals surface area contributed by atoms with E-state index in [2.05, 4.69) is 17.4 Å². The molecular weight excluding hydrogens is 294 g/mol. The molecule has 2 rings (SSSR count). The fourth-order valence-electron chi connectivity index (χ4n) is 2.13. The topological polar surface area (TPSA) is 38.3 Å². The molecule has 0 saturated heterocycles. The van der Waals surface area contributed by atoms with Crippen molar-refractivity contribution < 1.29 is 9.53 Å². The maximum absolute atomic E-state index is 12.0. The Bertz CT molecular complexity index is 587. The van der Waals surface area contributed by atoms with E-state index in [4.69, 9.17) is 4.74 Å². The van der Waals surface area contributed by atoms with Crippen LogP contribution in [0, 0.1) is 13.8 Å². The van der Waals surface area contributed by atoms with Crippen LogP contribution in [0.25, 0.3) is 0 Å². The number of hydrogen-bond acceptors (Lipinski definition) is 3. The minimum absolute atomic E-state index is 0.0114. The molecule has 0 radical (unpaired) electrons. The summed E-state index contributed by atoms with van der Waals surface area (Å²) >= 11 is 1.55. The lowest BCUT2D eigenvalue weighted by molar-refractivity contribution is 0.0635. The van der Waals surface area contributed by atoms with Crippen molar-refractivity contribution in [3.05, 3.63) is 57.3 Å². The summed E-state index contributed by atoms with van der Waals surface area (Å²) in [5.74, 6) is 0.0114. The van der Waals surface area contributed by atoms with E-state index in [1.807, 2.05) is 45.0 Å². The zero-order chi connectivity index (χ0) is 15.9. The molecule has 0 aliphatic carbocycles. The third kappa shape index (κ3) is 4.68. The Labute approximate surface area is 136 Å². The molecule has 0 bridgehead atoms. The van der Waals surface area contributed by atoms with Gasteiger partial charge < -0.3 is 10.1 Å². The van der Waals surface area contributed by atoms with Gasteiger partial charge in [0.2, 0.25) is 0 Å². The summed E-state index contributed by atoms with van der Waals surface area (Å²) in [6, 6.07) is 12.1. The molecular formula is C18H23NO2S. The lowest BCUT2D eigenvalue weighted by Gasteiger charge is -2.13. The summed E-state index contributed by atoms with van der Waals surface area (Å²) < 4.78 is 5.79. The molecule has 0 aliphatic heterocycles. The predicted molar refractivity (Wildman–Crippen MR) is 91.6 cm³/mol. The van der Waals surface area contributed by atoms with Gasteiger partial charge in [0.1, 0.15) is 0 Å². The normalized spacial score (nSPS) is 12.1. The van der Waals surface area contributed by atoms with Gasteiger partial charge in [0.15, 0.2) is 0 Å². The van der Waals surface area contributed by atoms with E-state index in [-0.39, 0.29) is 12.0 Å². The molecule has 0 saturated carbocycles. The summed E-state index contributed by atoms with van der Waals surface area (Å²) in [4.78, 5) is 14.0. The molecule has 2 aromatic rings. The van der Waals surface area contributed by atoms with Crippen LogP contribution in [0.15, 0.2) is 36.4 Å². The van der Waals surface area contributed by atoms with E-state index < -0.39 is 0 Å². The Balaban J connectivity index is 1.66. The Kier molecular flexibility index (Phi) is 6.16. The van der Waals surface area contributed by atoms with Crippen molar-refractivity contribution >= 4 is 17.2 Å².